The van der Waals surface area contributed by atoms with E-state index in [1.807, 2.05) is 18.2 Å². The van der Waals surface area contributed by atoms with Crippen molar-refractivity contribution in [2.75, 3.05) is 18.4 Å². The van der Waals surface area contributed by atoms with Crippen LogP contribution in [0.2, 0.25) is 0 Å². The van der Waals surface area contributed by atoms with E-state index in [2.05, 4.69) is 74.1 Å². The number of benzene rings is 1. The fourth-order valence-electron chi connectivity index (χ4n) is 5.53. The lowest BCUT2D eigenvalue weighted by Crippen LogP contribution is -2.30. The van der Waals surface area contributed by atoms with Crippen LogP contribution in [0.1, 0.15) is 24.1 Å². The molecule has 0 radical (unpaired) electrons. The molecule has 0 atom stereocenters. The minimum Gasteiger partial charge on any atom is -0.353 e. The number of H-pyrrole nitrogens is 2. The number of nitrogens with one attached hydrogen (secondary N) is 4. The van der Waals surface area contributed by atoms with E-state index in [4.69, 9.17) is 4.98 Å². The first-order valence-corrected chi connectivity index (χ1v) is 14.4. The average Bonchev–Trinajstić information content (AvgIpc) is 3.71. The van der Waals surface area contributed by atoms with Crippen molar-refractivity contribution in [3.8, 4) is 33.1 Å². The summed E-state index contributed by atoms with van der Waals surface area (Å²) in [4.78, 5) is 28.1. The number of carbonyl (C=O) groups is 1. The number of hydrogen-bond acceptors (Lipinski definition) is 6. The second kappa shape index (κ2) is 10.3. The highest BCUT2D eigenvalue weighted by Crippen LogP contribution is 2.36. The highest BCUT2D eigenvalue weighted by atomic mass is 32.1. The molecule has 40 heavy (non-hydrogen) atoms. The molecule has 0 bridgehead atoms. The zero-order valence-electron chi connectivity index (χ0n) is 22.1. The Hall–Kier alpha value is -4.34. The van der Waals surface area contributed by atoms with E-state index in [0.717, 1.165) is 70.5 Å². The Morgan fingerprint density at radius 1 is 1.05 bits per heavy atom. The van der Waals surface area contributed by atoms with E-state index in [1.54, 1.807) is 23.7 Å². The molecule has 4 N–H and O–H groups in total. The summed E-state index contributed by atoms with van der Waals surface area (Å²) in [5.41, 5.74) is 7.84. The summed E-state index contributed by atoms with van der Waals surface area (Å²) >= 11 is 1.79. The first-order valence-electron chi connectivity index (χ1n) is 13.6. The van der Waals surface area contributed by atoms with Gasteiger partial charge in [0, 0.05) is 44.4 Å². The van der Waals surface area contributed by atoms with Crippen LogP contribution in [0.5, 0.6) is 0 Å². The number of aromatic nitrogens is 5. The minimum absolute atomic E-state index is 0.0299. The van der Waals surface area contributed by atoms with Gasteiger partial charge < -0.3 is 15.6 Å². The number of aromatic amines is 2. The fourth-order valence-corrected chi connectivity index (χ4v) is 6.44. The van der Waals surface area contributed by atoms with Gasteiger partial charge >= 0.3 is 0 Å². The molecule has 6 aromatic rings. The van der Waals surface area contributed by atoms with Gasteiger partial charge in [-0.2, -0.15) is 5.10 Å². The van der Waals surface area contributed by atoms with Crippen molar-refractivity contribution in [3.05, 3.63) is 71.9 Å². The molecule has 1 saturated heterocycles. The first-order chi connectivity index (χ1) is 19.6. The van der Waals surface area contributed by atoms with Crippen molar-refractivity contribution in [3.63, 3.8) is 0 Å². The molecule has 5 aromatic heterocycles. The molecule has 0 saturated carbocycles. The number of pyridine rings is 2. The molecule has 1 fully saturated rings. The maximum Gasteiger partial charge on any atom is 0.224 e. The van der Waals surface area contributed by atoms with Crippen molar-refractivity contribution in [2.45, 2.75) is 26.2 Å². The number of anilines is 1. The van der Waals surface area contributed by atoms with Crippen LogP contribution in [0, 0.1) is 12.8 Å². The van der Waals surface area contributed by atoms with Gasteiger partial charge in [0.05, 0.1) is 28.8 Å². The van der Waals surface area contributed by atoms with Crippen LogP contribution in [-0.4, -0.2) is 44.1 Å². The van der Waals surface area contributed by atoms with E-state index in [1.165, 1.54) is 15.3 Å². The van der Waals surface area contributed by atoms with Gasteiger partial charge in [0.1, 0.15) is 11.2 Å². The highest BCUT2D eigenvalue weighted by molar-refractivity contribution is 7.15. The lowest BCUT2D eigenvalue weighted by Gasteiger charge is -2.21. The quantitative estimate of drug-likeness (QED) is 0.189. The standard InChI is InChI=1S/C31H29N7OS/c1-18-5-8-28(40-18)22-3-2-4-25-23(22)15-27(35-25)31-30-26(37-38-31)7-6-24(36-30)20-14-21(17-33-16-20)34-29(39)13-19-9-11-32-12-10-19/h2-8,14-17,19,32,35H,9-13H2,1H3,(H,34,39)(H,37,38). The van der Waals surface area contributed by atoms with E-state index >= 15 is 0 Å². The van der Waals surface area contributed by atoms with Crippen molar-refractivity contribution in [2.24, 2.45) is 5.92 Å². The summed E-state index contributed by atoms with van der Waals surface area (Å²) in [7, 11) is 0. The molecule has 1 aromatic carbocycles. The molecule has 0 unspecified atom stereocenters. The van der Waals surface area contributed by atoms with Crippen LogP contribution in [0.25, 0.3) is 55.0 Å². The lowest BCUT2D eigenvalue weighted by atomic mass is 9.94. The van der Waals surface area contributed by atoms with Crippen LogP contribution in [-0.2, 0) is 4.79 Å². The Morgan fingerprint density at radius 2 is 1.95 bits per heavy atom. The van der Waals surface area contributed by atoms with Gasteiger partial charge in [0.15, 0.2) is 0 Å². The molecule has 0 spiro atoms. The zero-order valence-corrected chi connectivity index (χ0v) is 22.9. The molecule has 200 valence electrons. The number of carbonyl (C=O) groups excluding carboxylic acids is 1. The van der Waals surface area contributed by atoms with E-state index in [9.17, 15) is 4.79 Å². The number of nitrogens with zero attached hydrogens (tertiary/aromatic N) is 3. The summed E-state index contributed by atoms with van der Waals surface area (Å²) in [6.07, 6.45) is 6.06. The number of piperidine rings is 1. The van der Waals surface area contributed by atoms with Gasteiger partial charge in [0.2, 0.25) is 5.91 Å². The second-order valence-corrected chi connectivity index (χ2v) is 11.7. The molecule has 1 amide bonds. The van der Waals surface area contributed by atoms with Crippen LogP contribution >= 0.6 is 11.3 Å². The average molecular weight is 548 g/mol. The number of thiophene rings is 1. The lowest BCUT2D eigenvalue weighted by molar-refractivity contribution is -0.117. The SMILES string of the molecule is Cc1ccc(-c2cccc3[nH]c(-c4n[nH]c5ccc(-c6cncc(NC(=O)CC7CCNCC7)c6)nc45)cc23)s1. The number of amides is 1. The third-order valence-electron chi connectivity index (χ3n) is 7.58. The van der Waals surface area contributed by atoms with Crippen molar-refractivity contribution in [1.29, 1.82) is 0 Å². The van der Waals surface area contributed by atoms with E-state index < -0.39 is 0 Å². The summed E-state index contributed by atoms with van der Waals surface area (Å²) in [5, 5.41) is 15.3. The van der Waals surface area contributed by atoms with Gasteiger partial charge in [-0.25, -0.2) is 4.98 Å². The Morgan fingerprint density at radius 3 is 2.80 bits per heavy atom. The van der Waals surface area contributed by atoms with Gasteiger partial charge in [-0.1, -0.05) is 12.1 Å². The molecular weight excluding hydrogens is 518 g/mol. The summed E-state index contributed by atoms with van der Waals surface area (Å²) in [6.45, 7) is 4.09. The number of aryl methyl sites for hydroxylation is 1. The van der Waals surface area contributed by atoms with Crippen LogP contribution in [0.3, 0.4) is 0 Å². The molecule has 6 heterocycles. The normalized spacial score (nSPS) is 14.2. The number of fused-ring (bicyclic) bond motifs is 2. The highest BCUT2D eigenvalue weighted by Gasteiger charge is 2.18. The fraction of sp³-hybridized carbons (Fsp3) is 0.226. The van der Waals surface area contributed by atoms with Gasteiger partial charge in [0.25, 0.3) is 0 Å². The Bertz CT molecular complexity index is 1840. The Balaban J connectivity index is 1.19. The van der Waals surface area contributed by atoms with Gasteiger partial charge in [-0.05, 0) is 81.2 Å². The van der Waals surface area contributed by atoms with E-state index in [0.29, 0.717) is 18.0 Å². The Kier molecular flexibility index (Phi) is 6.37. The minimum atomic E-state index is 0.0299. The number of hydrogen-bond donors (Lipinski definition) is 4. The smallest absolute Gasteiger partial charge is 0.224 e. The van der Waals surface area contributed by atoms with Crippen LogP contribution in [0.4, 0.5) is 5.69 Å². The maximum atomic E-state index is 12.7. The molecular formula is C31H29N7OS. The largest absolute Gasteiger partial charge is 0.353 e. The molecule has 1 aliphatic rings. The predicted molar refractivity (Wildman–Crippen MR) is 161 cm³/mol. The molecule has 7 rings (SSSR count). The maximum absolute atomic E-state index is 12.7. The third-order valence-corrected chi connectivity index (χ3v) is 8.62. The second-order valence-electron chi connectivity index (χ2n) is 10.4. The third kappa shape index (κ3) is 4.78. The first kappa shape index (κ1) is 24.7. The predicted octanol–water partition coefficient (Wildman–Crippen LogP) is 6.53. The van der Waals surface area contributed by atoms with Crippen LogP contribution < -0.4 is 10.6 Å². The molecule has 1 aliphatic heterocycles. The monoisotopic (exact) mass is 547 g/mol. The summed E-state index contributed by atoms with van der Waals surface area (Å²) in [5.74, 6) is 0.457. The zero-order chi connectivity index (χ0) is 27.1. The van der Waals surface area contributed by atoms with Crippen molar-refractivity contribution >= 4 is 44.9 Å². The number of rotatable bonds is 6. The summed E-state index contributed by atoms with van der Waals surface area (Å²) < 4.78 is 0. The molecule has 8 nitrogen and oxygen atoms in total. The topological polar surface area (TPSA) is 111 Å². The van der Waals surface area contributed by atoms with E-state index in [-0.39, 0.29) is 5.91 Å². The van der Waals surface area contributed by atoms with Gasteiger partial charge in [-0.15, -0.1) is 11.3 Å². The summed E-state index contributed by atoms with van der Waals surface area (Å²) in [6, 6.07) is 18.7. The molecule has 9 heteroatoms. The van der Waals surface area contributed by atoms with Crippen LogP contribution in [0.15, 0.2) is 67.0 Å². The van der Waals surface area contributed by atoms with Crippen molar-refractivity contribution < 1.29 is 4.79 Å². The van der Waals surface area contributed by atoms with Gasteiger partial charge in [-0.3, -0.25) is 14.9 Å². The molecule has 0 aliphatic carbocycles. The Labute approximate surface area is 235 Å². The van der Waals surface area contributed by atoms with Crippen molar-refractivity contribution in [1.82, 2.24) is 30.5 Å².